The predicted octanol–water partition coefficient (Wildman–Crippen LogP) is 3.98. The van der Waals surface area contributed by atoms with Crippen LogP contribution >= 0.6 is 0 Å². The van der Waals surface area contributed by atoms with E-state index in [4.69, 9.17) is 0 Å². The van der Waals surface area contributed by atoms with Gasteiger partial charge in [-0.15, -0.1) is 0 Å². The number of rotatable bonds is 7. The minimum Gasteiger partial charge on any atom is -0.300 e. The van der Waals surface area contributed by atoms with Crippen molar-refractivity contribution < 1.29 is 4.79 Å². The molecular formula is C13H24O. The van der Waals surface area contributed by atoms with Gasteiger partial charge in [0.05, 0.1) is 0 Å². The first kappa shape index (κ1) is 13.4. The van der Waals surface area contributed by atoms with Gasteiger partial charge >= 0.3 is 0 Å². The van der Waals surface area contributed by atoms with Gasteiger partial charge in [0.2, 0.25) is 0 Å². The number of allylic oxidation sites excluding steroid dienone is 2. The zero-order valence-corrected chi connectivity index (χ0v) is 10.0. The second-order valence-corrected chi connectivity index (χ2v) is 4.35. The molecule has 0 saturated carbocycles. The fourth-order valence-electron chi connectivity index (χ4n) is 1.46. The molecule has 0 spiro atoms. The number of carbonyl (C=O) groups excluding carboxylic acids is 1. The Bertz CT molecular complexity index is 182. The van der Waals surface area contributed by atoms with E-state index in [1.165, 1.54) is 19.3 Å². The lowest BCUT2D eigenvalue weighted by atomic mass is 9.95. The van der Waals surface area contributed by atoms with Crippen LogP contribution in [0.5, 0.6) is 0 Å². The van der Waals surface area contributed by atoms with Crippen molar-refractivity contribution in [3.05, 3.63) is 12.2 Å². The zero-order valence-electron chi connectivity index (χ0n) is 10.0. The minimum atomic E-state index is 0.254. The molecule has 1 heteroatoms. The van der Waals surface area contributed by atoms with Crippen LogP contribution in [0.4, 0.5) is 0 Å². The highest BCUT2D eigenvalue weighted by Gasteiger charge is 2.07. The molecule has 0 fully saturated rings. The molecule has 2 atom stereocenters. The van der Waals surface area contributed by atoms with Gasteiger partial charge in [0.25, 0.3) is 0 Å². The van der Waals surface area contributed by atoms with Gasteiger partial charge in [-0.2, -0.15) is 0 Å². The molecule has 0 N–H and O–H groups in total. The van der Waals surface area contributed by atoms with Gasteiger partial charge in [0.1, 0.15) is 5.78 Å². The van der Waals surface area contributed by atoms with Crippen molar-refractivity contribution in [2.45, 2.75) is 53.4 Å². The Balaban J connectivity index is 3.48. The lowest BCUT2D eigenvalue weighted by Gasteiger charge is -2.10. The van der Waals surface area contributed by atoms with Gasteiger partial charge in [-0.3, -0.25) is 4.79 Å². The van der Waals surface area contributed by atoms with Crippen molar-refractivity contribution in [1.29, 1.82) is 0 Å². The molecule has 0 amide bonds. The average Bonchev–Trinajstić information content (AvgIpc) is 2.14. The number of hydrogen-bond donors (Lipinski definition) is 0. The molecule has 0 aliphatic carbocycles. The highest BCUT2D eigenvalue weighted by molar-refractivity contribution is 5.77. The summed E-state index contributed by atoms with van der Waals surface area (Å²) in [5.41, 5.74) is 0. The van der Waals surface area contributed by atoms with Crippen molar-refractivity contribution in [2.24, 2.45) is 11.8 Å². The average molecular weight is 196 g/mol. The predicted molar refractivity (Wildman–Crippen MR) is 62.3 cm³/mol. The van der Waals surface area contributed by atoms with Gasteiger partial charge < -0.3 is 0 Å². The van der Waals surface area contributed by atoms with E-state index in [9.17, 15) is 4.79 Å². The Kier molecular flexibility index (Phi) is 7.45. The van der Waals surface area contributed by atoms with Crippen molar-refractivity contribution in [1.82, 2.24) is 0 Å². The molecule has 0 radical (unpaired) electrons. The van der Waals surface area contributed by atoms with Crippen LogP contribution in [0.1, 0.15) is 53.4 Å². The molecule has 82 valence electrons. The largest absolute Gasteiger partial charge is 0.300 e. The molecule has 0 aliphatic heterocycles. The fraction of sp³-hybridized carbons (Fsp3) is 0.769. The number of hydrogen-bond acceptors (Lipinski definition) is 1. The van der Waals surface area contributed by atoms with Crippen LogP contribution in [0.25, 0.3) is 0 Å². The summed E-state index contributed by atoms with van der Waals surface area (Å²) in [7, 11) is 0. The van der Waals surface area contributed by atoms with E-state index >= 15 is 0 Å². The molecule has 0 aliphatic rings. The number of ketones is 1. The lowest BCUT2D eigenvalue weighted by molar-refractivity contribution is -0.120. The summed E-state index contributed by atoms with van der Waals surface area (Å²) >= 11 is 0. The third-order valence-corrected chi connectivity index (χ3v) is 2.80. The highest BCUT2D eigenvalue weighted by atomic mass is 16.1. The summed E-state index contributed by atoms with van der Waals surface area (Å²) < 4.78 is 0. The standard InChI is InChI=1S/C13H24O/c1-5-6-8-11(2)9-7-10-12(3)13(4)14/h5-6,11-12H,7-10H2,1-4H3/b6-5+. The van der Waals surface area contributed by atoms with Crippen LogP contribution in [-0.4, -0.2) is 5.78 Å². The maximum Gasteiger partial charge on any atom is 0.132 e. The molecule has 0 aromatic carbocycles. The van der Waals surface area contributed by atoms with Gasteiger partial charge in [0.15, 0.2) is 0 Å². The maximum atomic E-state index is 11.0. The van der Waals surface area contributed by atoms with E-state index in [1.54, 1.807) is 6.92 Å². The van der Waals surface area contributed by atoms with Gasteiger partial charge in [0, 0.05) is 5.92 Å². The molecule has 0 aromatic heterocycles. The van der Waals surface area contributed by atoms with Crippen molar-refractivity contribution in [3.63, 3.8) is 0 Å². The monoisotopic (exact) mass is 196 g/mol. The third kappa shape index (κ3) is 6.88. The van der Waals surface area contributed by atoms with Crippen molar-refractivity contribution in [2.75, 3.05) is 0 Å². The summed E-state index contributed by atoms with van der Waals surface area (Å²) in [6.07, 6.45) is 8.97. The molecule has 1 nitrogen and oxygen atoms in total. The van der Waals surface area contributed by atoms with Crippen LogP contribution in [-0.2, 0) is 4.79 Å². The zero-order chi connectivity index (χ0) is 11.0. The van der Waals surface area contributed by atoms with Crippen LogP contribution in [0.15, 0.2) is 12.2 Å². The van der Waals surface area contributed by atoms with E-state index in [1.807, 2.05) is 6.92 Å². The SMILES string of the molecule is C/C=C/CC(C)CCCC(C)C(C)=O. The molecule has 0 aromatic rings. The van der Waals surface area contributed by atoms with Crippen LogP contribution in [0, 0.1) is 11.8 Å². The molecule has 0 saturated heterocycles. The van der Waals surface area contributed by atoms with E-state index in [-0.39, 0.29) is 5.92 Å². The lowest BCUT2D eigenvalue weighted by Crippen LogP contribution is -2.06. The first-order valence-electron chi connectivity index (χ1n) is 5.69. The van der Waals surface area contributed by atoms with Gasteiger partial charge in [-0.1, -0.05) is 38.8 Å². The first-order chi connectivity index (χ1) is 6.57. The third-order valence-electron chi connectivity index (χ3n) is 2.80. The quantitative estimate of drug-likeness (QED) is 0.563. The highest BCUT2D eigenvalue weighted by Crippen LogP contribution is 2.16. The molecule has 0 rings (SSSR count). The van der Waals surface area contributed by atoms with Crippen molar-refractivity contribution in [3.8, 4) is 0 Å². The summed E-state index contributed by atoms with van der Waals surface area (Å²) in [4.78, 5) is 11.0. The van der Waals surface area contributed by atoms with E-state index in [2.05, 4.69) is 26.0 Å². The fourth-order valence-corrected chi connectivity index (χ4v) is 1.46. The Labute approximate surface area is 88.6 Å². The van der Waals surface area contributed by atoms with Crippen LogP contribution in [0.2, 0.25) is 0 Å². The second kappa shape index (κ2) is 7.78. The molecule has 0 bridgehead atoms. The Morgan fingerprint density at radius 2 is 1.93 bits per heavy atom. The molecule has 0 heterocycles. The van der Waals surface area contributed by atoms with Crippen molar-refractivity contribution >= 4 is 5.78 Å². The first-order valence-corrected chi connectivity index (χ1v) is 5.69. The Morgan fingerprint density at radius 1 is 1.29 bits per heavy atom. The van der Waals surface area contributed by atoms with Gasteiger partial charge in [-0.05, 0) is 32.6 Å². The number of carbonyl (C=O) groups is 1. The summed E-state index contributed by atoms with van der Waals surface area (Å²) in [6.45, 7) is 8.05. The molecular weight excluding hydrogens is 172 g/mol. The topological polar surface area (TPSA) is 17.1 Å². The molecule has 14 heavy (non-hydrogen) atoms. The van der Waals surface area contributed by atoms with Crippen LogP contribution < -0.4 is 0 Å². The van der Waals surface area contributed by atoms with Crippen LogP contribution in [0.3, 0.4) is 0 Å². The minimum absolute atomic E-state index is 0.254. The summed E-state index contributed by atoms with van der Waals surface area (Å²) in [6, 6.07) is 0. The summed E-state index contributed by atoms with van der Waals surface area (Å²) in [5, 5.41) is 0. The van der Waals surface area contributed by atoms with E-state index < -0.39 is 0 Å². The smallest absolute Gasteiger partial charge is 0.132 e. The molecule has 2 unspecified atom stereocenters. The van der Waals surface area contributed by atoms with Gasteiger partial charge in [-0.25, -0.2) is 0 Å². The second-order valence-electron chi connectivity index (χ2n) is 4.35. The Morgan fingerprint density at radius 3 is 2.43 bits per heavy atom. The number of Topliss-reactive ketones (excluding diaryl/α,β-unsaturated/α-hetero) is 1. The normalized spacial score (nSPS) is 15.7. The van der Waals surface area contributed by atoms with E-state index in [0.717, 1.165) is 12.3 Å². The maximum absolute atomic E-state index is 11.0. The van der Waals surface area contributed by atoms with E-state index in [0.29, 0.717) is 5.78 Å². The Hall–Kier alpha value is -0.590. The summed E-state index contributed by atoms with van der Waals surface area (Å²) in [5.74, 6) is 1.33.